The number of aryl methyl sites for hydroxylation is 2. The van der Waals surface area contributed by atoms with Gasteiger partial charge in [0, 0.05) is 5.69 Å². The molecule has 0 fully saturated rings. The lowest BCUT2D eigenvalue weighted by Crippen LogP contribution is -2.15. The molecule has 0 bridgehead atoms. The number of carbonyl (C=O) groups is 2. The Hall–Kier alpha value is -2.82. The fraction of sp³-hybridized carbons (Fsp3) is 0.263. The Morgan fingerprint density at radius 2 is 1.92 bits per heavy atom. The summed E-state index contributed by atoms with van der Waals surface area (Å²) in [6, 6.07) is 11.4. The molecule has 124 valence electrons. The summed E-state index contributed by atoms with van der Waals surface area (Å²) in [6.07, 6.45) is 0.563. The average molecular weight is 324 g/mol. The van der Waals surface area contributed by atoms with Gasteiger partial charge in [0.1, 0.15) is 5.75 Å². The summed E-state index contributed by atoms with van der Waals surface area (Å²) in [6.45, 7) is 4.36. The normalized spacial score (nSPS) is 13.3. The van der Waals surface area contributed by atoms with Gasteiger partial charge in [-0.3, -0.25) is 9.59 Å². The van der Waals surface area contributed by atoms with Gasteiger partial charge in [-0.2, -0.15) is 0 Å². The Morgan fingerprint density at radius 3 is 2.67 bits per heavy atom. The van der Waals surface area contributed by atoms with Gasteiger partial charge >= 0.3 is 0 Å². The van der Waals surface area contributed by atoms with E-state index in [1.165, 1.54) is 0 Å². The number of anilines is 2. The quantitative estimate of drug-likeness (QED) is 0.911. The van der Waals surface area contributed by atoms with Crippen molar-refractivity contribution in [1.29, 1.82) is 0 Å². The number of ether oxygens (including phenoxy) is 1. The second kappa shape index (κ2) is 6.74. The molecule has 2 amide bonds. The lowest BCUT2D eigenvalue weighted by atomic mass is 10.1. The molecule has 1 heterocycles. The van der Waals surface area contributed by atoms with E-state index in [0.29, 0.717) is 24.5 Å². The summed E-state index contributed by atoms with van der Waals surface area (Å²) in [5, 5.41) is 5.72. The molecule has 5 nitrogen and oxygen atoms in total. The van der Waals surface area contributed by atoms with Crippen LogP contribution in [-0.4, -0.2) is 18.4 Å². The van der Waals surface area contributed by atoms with Crippen LogP contribution in [0.3, 0.4) is 0 Å². The molecule has 2 N–H and O–H groups in total. The molecule has 0 spiro atoms. The fourth-order valence-corrected chi connectivity index (χ4v) is 2.81. The molecule has 1 aliphatic rings. The monoisotopic (exact) mass is 324 g/mol. The zero-order chi connectivity index (χ0) is 17.1. The minimum absolute atomic E-state index is 0.0782. The summed E-state index contributed by atoms with van der Waals surface area (Å²) in [5.41, 5.74) is 4.45. The smallest absolute Gasteiger partial charge is 0.228 e. The molecule has 2 aromatic rings. The predicted molar refractivity (Wildman–Crippen MR) is 93.4 cm³/mol. The van der Waals surface area contributed by atoms with Crippen LogP contribution in [-0.2, 0) is 16.0 Å². The highest BCUT2D eigenvalue weighted by molar-refractivity contribution is 5.95. The van der Waals surface area contributed by atoms with Crippen LogP contribution in [0.1, 0.15) is 23.1 Å². The van der Waals surface area contributed by atoms with E-state index in [-0.39, 0.29) is 18.2 Å². The number of hydrogen-bond acceptors (Lipinski definition) is 3. The van der Waals surface area contributed by atoms with E-state index in [0.717, 1.165) is 22.4 Å². The lowest BCUT2D eigenvalue weighted by Gasteiger charge is -2.10. The Morgan fingerprint density at radius 1 is 1.17 bits per heavy atom. The van der Waals surface area contributed by atoms with Gasteiger partial charge < -0.3 is 15.4 Å². The van der Waals surface area contributed by atoms with Gasteiger partial charge in [-0.25, -0.2) is 0 Å². The Balaban J connectivity index is 1.71. The molecular formula is C19H20N2O3. The largest absolute Gasteiger partial charge is 0.491 e. The molecule has 3 rings (SSSR count). The van der Waals surface area contributed by atoms with Crippen LogP contribution in [0.15, 0.2) is 36.4 Å². The van der Waals surface area contributed by atoms with Crippen LogP contribution in [0, 0.1) is 13.8 Å². The summed E-state index contributed by atoms with van der Waals surface area (Å²) in [7, 11) is 0. The van der Waals surface area contributed by atoms with Crippen molar-refractivity contribution in [3.8, 4) is 5.75 Å². The van der Waals surface area contributed by atoms with Gasteiger partial charge in [0.15, 0.2) is 0 Å². The Bertz CT molecular complexity index is 779. The third-order valence-electron chi connectivity index (χ3n) is 3.77. The van der Waals surface area contributed by atoms with E-state index in [9.17, 15) is 9.59 Å². The number of carbonyl (C=O) groups excluding carboxylic acids is 2. The number of nitrogens with one attached hydrogen (secondary N) is 2. The highest BCUT2D eigenvalue weighted by atomic mass is 16.5. The zero-order valence-electron chi connectivity index (χ0n) is 13.8. The second-order valence-corrected chi connectivity index (χ2v) is 6.08. The highest BCUT2D eigenvalue weighted by Crippen LogP contribution is 2.28. The molecule has 0 atom stereocenters. The number of fused-ring (bicyclic) bond motifs is 1. The molecule has 0 saturated carbocycles. The first-order chi connectivity index (χ1) is 11.5. The lowest BCUT2D eigenvalue weighted by molar-refractivity contribution is -0.116. The van der Waals surface area contributed by atoms with Gasteiger partial charge in [-0.05, 0) is 54.8 Å². The number of amides is 2. The molecule has 0 unspecified atom stereocenters. The highest BCUT2D eigenvalue weighted by Gasteiger charge is 2.15. The van der Waals surface area contributed by atoms with Gasteiger partial charge in [0.2, 0.25) is 11.8 Å². The second-order valence-electron chi connectivity index (χ2n) is 6.08. The van der Waals surface area contributed by atoms with Crippen molar-refractivity contribution in [3.05, 3.63) is 53.1 Å². The van der Waals surface area contributed by atoms with Crippen LogP contribution in [0.25, 0.3) is 0 Å². The standard InChI is InChI=1S/C19H20N2O3/c1-12-7-13(2)9-15(8-12)20-19(23)11-14-3-4-17-16(10-14)21-18(22)5-6-24-17/h3-4,7-10H,5-6,11H2,1-2H3,(H,20,23)(H,21,22). The number of hydrogen-bond donors (Lipinski definition) is 2. The molecular weight excluding hydrogens is 304 g/mol. The van der Waals surface area contributed by atoms with Gasteiger partial charge in [-0.15, -0.1) is 0 Å². The van der Waals surface area contributed by atoms with Crippen molar-refractivity contribution in [3.63, 3.8) is 0 Å². The Labute approximate surface area is 141 Å². The summed E-state index contributed by atoms with van der Waals surface area (Å²) < 4.78 is 5.52. The van der Waals surface area contributed by atoms with E-state index in [1.54, 1.807) is 12.1 Å². The minimum Gasteiger partial charge on any atom is -0.491 e. The van der Waals surface area contributed by atoms with Gasteiger partial charge in [0.25, 0.3) is 0 Å². The number of benzene rings is 2. The molecule has 0 aromatic heterocycles. The third kappa shape index (κ3) is 3.93. The van der Waals surface area contributed by atoms with Crippen molar-refractivity contribution < 1.29 is 14.3 Å². The van der Waals surface area contributed by atoms with E-state index in [4.69, 9.17) is 4.74 Å². The minimum atomic E-state index is -0.0965. The van der Waals surface area contributed by atoms with E-state index < -0.39 is 0 Å². The first-order valence-electron chi connectivity index (χ1n) is 7.93. The van der Waals surface area contributed by atoms with Crippen molar-refractivity contribution in [1.82, 2.24) is 0 Å². The maximum absolute atomic E-state index is 12.3. The topological polar surface area (TPSA) is 67.4 Å². The van der Waals surface area contributed by atoms with Crippen LogP contribution in [0.2, 0.25) is 0 Å². The van der Waals surface area contributed by atoms with Crippen LogP contribution in [0.4, 0.5) is 11.4 Å². The van der Waals surface area contributed by atoms with E-state index in [1.807, 2.05) is 32.0 Å². The average Bonchev–Trinajstić information content (AvgIpc) is 2.66. The SMILES string of the molecule is Cc1cc(C)cc(NC(=O)Cc2ccc3c(c2)NC(=O)CCO3)c1. The predicted octanol–water partition coefficient (Wildman–Crippen LogP) is 3.21. The number of rotatable bonds is 3. The first-order valence-corrected chi connectivity index (χ1v) is 7.93. The molecule has 0 aliphatic carbocycles. The van der Waals surface area contributed by atoms with Gasteiger partial charge in [-0.1, -0.05) is 12.1 Å². The van der Waals surface area contributed by atoms with Crippen molar-refractivity contribution >= 4 is 23.2 Å². The van der Waals surface area contributed by atoms with Crippen molar-refractivity contribution in [2.75, 3.05) is 17.2 Å². The zero-order valence-corrected chi connectivity index (χ0v) is 13.8. The summed E-state index contributed by atoms with van der Waals surface area (Å²) >= 11 is 0. The van der Waals surface area contributed by atoms with Crippen LogP contribution in [0.5, 0.6) is 5.75 Å². The molecule has 1 aliphatic heterocycles. The van der Waals surface area contributed by atoms with E-state index in [2.05, 4.69) is 16.7 Å². The molecule has 0 radical (unpaired) electrons. The van der Waals surface area contributed by atoms with E-state index >= 15 is 0 Å². The van der Waals surface area contributed by atoms with Crippen LogP contribution < -0.4 is 15.4 Å². The molecule has 0 saturated heterocycles. The first kappa shape index (κ1) is 16.1. The Kier molecular flexibility index (Phi) is 4.51. The van der Waals surface area contributed by atoms with Crippen molar-refractivity contribution in [2.45, 2.75) is 26.7 Å². The summed E-state index contributed by atoms with van der Waals surface area (Å²) in [4.78, 5) is 23.9. The maximum atomic E-state index is 12.3. The van der Waals surface area contributed by atoms with Crippen LogP contribution >= 0.6 is 0 Å². The molecule has 2 aromatic carbocycles. The van der Waals surface area contributed by atoms with Gasteiger partial charge in [0.05, 0.1) is 25.1 Å². The van der Waals surface area contributed by atoms with Crippen molar-refractivity contribution in [2.24, 2.45) is 0 Å². The fourth-order valence-electron chi connectivity index (χ4n) is 2.81. The third-order valence-corrected chi connectivity index (χ3v) is 3.77. The maximum Gasteiger partial charge on any atom is 0.228 e. The molecule has 24 heavy (non-hydrogen) atoms. The summed E-state index contributed by atoms with van der Waals surface area (Å²) in [5.74, 6) is 0.464. The molecule has 5 heteroatoms.